The molecule has 3 aromatic rings. The SMILES string of the molecule is O=C(CCn1c(CO)nc2ccccc21)N1CC[C@@H](Oc2cc(F)cc(F)c2)[C@H](O)C1. The topological polar surface area (TPSA) is 87.8 Å². The molecule has 2 aromatic carbocycles. The number of likely N-dealkylation sites (tertiary alicyclic amines) is 1. The van der Waals surface area contributed by atoms with Crippen LogP contribution in [0.1, 0.15) is 18.7 Å². The van der Waals surface area contributed by atoms with Gasteiger partial charge >= 0.3 is 0 Å². The van der Waals surface area contributed by atoms with E-state index in [-0.39, 0.29) is 31.2 Å². The number of aromatic nitrogens is 2. The van der Waals surface area contributed by atoms with Crippen molar-refractivity contribution >= 4 is 16.9 Å². The molecule has 1 aromatic heterocycles. The zero-order valence-corrected chi connectivity index (χ0v) is 16.7. The summed E-state index contributed by atoms with van der Waals surface area (Å²) in [6, 6.07) is 10.3. The van der Waals surface area contributed by atoms with E-state index in [0.29, 0.717) is 25.3 Å². The van der Waals surface area contributed by atoms with E-state index in [1.165, 1.54) is 0 Å². The van der Waals surface area contributed by atoms with E-state index in [2.05, 4.69) is 4.98 Å². The third-order valence-electron chi connectivity index (χ3n) is 5.42. The highest BCUT2D eigenvalue weighted by Crippen LogP contribution is 2.22. The number of aliphatic hydroxyl groups is 2. The second kappa shape index (κ2) is 8.99. The van der Waals surface area contributed by atoms with E-state index in [1.54, 1.807) is 4.90 Å². The Morgan fingerprint density at radius 3 is 2.65 bits per heavy atom. The average molecular weight is 431 g/mol. The molecule has 164 valence electrons. The normalized spacial score (nSPS) is 19.0. The Hall–Kier alpha value is -3.04. The molecule has 1 saturated heterocycles. The monoisotopic (exact) mass is 431 g/mol. The van der Waals surface area contributed by atoms with Crippen molar-refractivity contribution in [3.63, 3.8) is 0 Å². The van der Waals surface area contributed by atoms with Crippen molar-refractivity contribution in [3.8, 4) is 5.75 Å². The summed E-state index contributed by atoms with van der Waals surface area (Å²) in [5.41, 5.74) is 1.59. The maximum Gasteiger partial charge on any atom is 0.224 e. The molecule has 2 N–H and O–H groups in total. The van der Waals surface area contributed by atoms with E-state index in [0.717, 1.165) is 29.2 Å². The van der Waals surface area contributed by atoms with Gasteiger partial charge in [-0.1, -0.05) is 12.1 Å². The van der Waals surface area contributed by atoms with Crippen LogP contribution in [0, 0.1) is 11.6 Å². The van der Waals surface area contributed by atoms with Crippen LogP contribution in [0.2, 0.25) is 0 Å². The van der Waals surface area contributed by atoms with E-state index in [9.17, 15) is 23.8 Å². The molecule has 0 saturated carbocycles. The Morgan fingerprint density at radius 2 is 1.94 bits per heavy atom. The Bertz CT molecular complexity index is 1070. The molecule has 31 heavy (non-hydrogen) atoms. The number of ether oxygens (including phenoxy) is 1. The van der Waals surface area contributed by atoms with Gasteiger partial charge in [-0.05, 0) is 12.1 Å². The highest BCUT2D eigenvalue weighted by atomic mass is 19.1. The molecule has 0 unspecified atom stereocenters. The zero-order valence-electron chi connectivity index (χ0n) is 16.7. The number of benzene rings is 2. The fourth-order valence-electron chi connectivity index (χ4n) is 3.91. The number of piperidine rings is 1. The summed E-state index contributed by atoms with van der Waals surface area (Å²) in [7, 11) is 0. The Morgan fingerprint density at radius 1 is 1.19 bits per heavy atom. The van der Waals surface area contributed by atoms with Gasteiger partial charge in [-0.25, -0.2) is 13.8 Å². The predicted molar refractivity (Wildman–Crippen MR) is 108 cm³/mol. The van der Waals surface area contributed by atoms with Crippen molar-refractivity contribution in [1.29, 1.82) is 0 Å². The number of halogens is 2. The van der Waals surface area contributed by atoms with Crippen LogP contribution in [-0.2, 0) is 17.9 Å². The number of fused-ring (bicyclic) bond motifs is 1. The molecule has 4 rings (SSSR count). The van der Waals surface area contributed by atoms with Gasteiger partial charge in [0.25, 0.3) is 0 Å². The maximum absolute atomic E-state index is 13.3. The van der Waals surface area contributed by atoms with Crippen LogP contribution < -0.4 is 4.74 Å². The number of aliphatic hydroxyl groups excluding tert-OH is 2. The van der Waals surface area contributed by atoms with Crippen LogP contribution in [-0.4, -0.2) is 55.9 Å². The van der Waals surface area contributed by atoms with Crippen molar-refractivity contribution < 1.29 is 28.5 Å². The number of β-amino-alcohol motifs (C(OH)–C–C–N with tert-alkyl or cyclic N) is 1. The smallest absolute Gasteiger partial charge is 0.224 e. The molecule has 9 heteroatoms. The highest BCUT2D eigenvalue weighted by Gasteiger charge is 2.31. The molecule has 0 aliphatic carbocycles. The number of hydrogen-bond donors (Lipinski definition) is 2. The summed E-state index contributed by atoms with van der Waals surface area (Å²) in [5.74, 6) is -1.16. The number of aryl methyl sites for hydroxylation is 1. The third kappa shape index (κ3) is 4.67. The van der Waals surface area contributed by atoms with E-state index in [1.807, 2.05) is 28.8 Å². The second-order valence-corrected chi connectivity index (χ2v) is 7.53. The molecule has 7 nitrogen and oxygen atoms in total. The first-order chi connectivity index (χ1) is 14.9. The number of carbonyl (C=O) groups is 1. The van der Waals surface area contributed by atoms with Crippen molar-refractivity contribution in [1.82, 2.24) is 14.5 Å². The predicted octanol–water partition coefficient (Wildman–Crippen LogP) is 2.24. The van der Waals surface area contributed by atoms with E-state index in [4.69, 9.17) is 4.74 Å². The summed E-state index contributed by atoms with van der Waals surface area (Å²) in [4.78, 5) is 18.6. The standard InChI is InChI=1S/C22H23F2N3O4/c23-14-9-15(24)11-16(10-14)31-20-5-7-26(12-19(20)29)22(30)6-8-27-18-4-2-1-3-17(18)25-21(27)13-28/h1-4,9-11,19-20,28-29H,5-8,12-13H2/t19-,20-/m1/s1. The van der Waals surface area contributed by atoms with Gasteiger partial charge in [-0.3, -0.25) is 4.79 Å². The Labute approximate surface area is 177 Å². The molecular weight excluding hydrogens is 408 g/mol. The lowest BCUT2D eigenvalue weighted by Gasteiger charge is -2.36. The lowest BCUT2D eigenvalue weighted by molar-refractivity contribution is -0.137. The van der Waals surface area contributed by atoms with Gasteiger partial charge in [0.1, 0.15) is 42.0 Å². The van der Waals surface area contributed by atoms with E-state index < -0.39 is 23.8 Å². The van der Waals surface area contributed by atoms with Gasteiger partial charge in [0.05, 0.1) is 17.6 Å². The molecule has 0 radical (unpaired) electrons. The summed E-state index contributed by atoms with van der Waals surface area (Å²) in [5, 5.41) is 20.0. The molecule has 0 bridgehead atoms. The van der Waals surface area contributed by atoms with Gasteiger partial charge in [-0.2, -0.15) is 0 Å². The summed E-state index contributed by atoms with van der Waals surface area (Å²) >= 11 is 0. The number of rotatable bonds is 6. The largest absolute Gasteiger partial charge is 0.487 e. The average Bonchev–Trinajstić information content (AvgIpc) is 3.10. The first kappa shape index (κ1) is 21.2. The minimum absolute atomic E-state index is 0.00449. The number of amides is 1. The first-order valence-electron chi connectivity index (χ1n) is 10.1. The van der Waals surface area contributed by atoms with Crippen molar-refractivity contribution in [2.75, 3.05) is 13.1 Å². The molecule has 2 heterocycles. The van der Waals surface area contributed by atoms with Crippen LogP contribution in [0.4, 0.5) is 8.78 Å². The van der Waals surface area contributed by atoms with Gasteiger partial charge in [0.15, 0.2) is 0 Å². The number of imidazole rings is 1. The molecule has 0 spiro atoms. The second-order valence-electron chi connectivity index (χ2n) is 7.53. The van der Waals surface area contributed by atoms with Crippen LogP contribution in [0.3, 0.4) is 0 Å². The van der Waals surface area contributed by atoms with Crippen molar-refractivity contribution in [2.24, 2.45) is 0 Å². The first-order valence-corrected chi connectivity index (χ1v) is 10.1. The molecular formula is C22H23F2N3O4. The van der Waals surface area contributed by atoms with E-state index >= 15 is 0 Å². The third-order valence-corrected chi connectivity index (χ3v) is 5.42. The van der Waals surface area contributed by atoms with Crippen LogP contribution >= 0.6 is 0 Å². The molecule has 1 aliphatic rings. The minimum atomic E-state index is -0.980. The number of para-hydroxylation sites is 2. The molecule has 1 amide bonds. The molecule has 2 atom stereocenters. The van der Waals surface area contributed by atoms with Crippen molar-refractivity contribution in [2.45, 2.75) is 38.2 Å². The summed E-state index contributed by atoms with van der Waals surface area (Å²) in [6.45, 7) is 0.546. The Kier molecular flexibility index (Phi) is 6.15. The lowest BCUT2D eigenvalue weighted by Crippen LogP contribution is -2.51. The maximum atomic E-state index is 13.3. The summed E-state index contributed by atoms with van der Waals surface area (Å²) in [6.07, 6.45) is -1.13. The lowest BCUT2D eigenvalue weighted by atomic mass is 10.0. The quantitative estimate of drug-likeness (QED) is 0.625. The minimum Gasteiger partial charge on any atom is -0.487 e. The highest BCUT2D eigenvalue weighted by molar-refractivity contribution is 5.78. The van der Waals surface area contributed by atoms with Gasteiger partial charge < -0.3 is 24.4 Å². The van der Waals surface area contributed by atoms with Crippen LogP contribution in [0.5, 0.6) is 5.75 Å². The van der Waals surface area contributed by atoms with Crippen LogP contribution in [0.15, 0.2) is 42.5 Å². The van der Waals surface area contributed by atoms with Gasteiger partial charge in [0, 0.05) is 44.1 Å². The fraction of sp³-hybridized carbons (Fsp3) is 0.364. The number of hydrogen-bond acceptors (Lipinski definition) is 5. The van der Waals surface area contributed by atoms with Gasteiger partial charge in [-0.15, -0.1) is 0 Å². The Balaban J connectivity index is 1.36. The zero-order chi connectivity index (χ0) is 22.0. The molecule has 1 fully saturated rings. The van der Waals surface area contributed by atoms with Crippen LogP contribution in [0.25, 0.3) is 11.0 Å². The van der Waals surface area contributed by atoms with Gasteiger partial charge in [0.2, 0.25) is 5.91 Å². The fourth-order valence-corrected chi connectivity index (χ4v) is 3.91. The molecule has 1 aliphatic heterocycles. The number of carbonyl (C=O) groups excluding carboxylic acids is 1. The summed E-state index contributed by atoms with van der Waals surface area (Å²) < 4.78 is 34.0. The van der Waals surface area contributed by atoms with Crippen molar-refractivity contribution in [3.05, 3.63) is 59.9 Å². The number of nitrogens with zero attached hydrogens (tertiary/aromatic N) is 3.